The van der Waals surface area contributed by atoms with Gasteiger partial charge in [-0.25, -0.2) is 0 Å². The van der Waals surface area contributed by atoms with Crippen LogP contribution >= 0.6 is 0 Å². The number of fused-ring (bicyclic) bond motifs is 1. The second kappa shape index (κ2) is 17.6. The molecule has 5 N–H and O–H groups in total. The number of H-pyrrole nitrogens is 1. The first-order chi connectivity index (χ1) is 25.7. The molecular formula is C43H55N3O7Si. The number of carbonyl (C=O) groups excluding carboxylic acids is 1. The second-order valence-electron chi connectivity index (χ2n) is 15.3. The maximum absolute atomic E-state index is 13.4. The molecule has 5 rings (SSSR count). The molecule has 0 unspecified atom stereocenters. The number of amides is 1. The zero-order chi connectivity index (χ0) is 39.0. The third-order valence-corrected chi connectivity index (χ3v) is 14.8. The van der Waals surface area contributed by atoms with Gasteiger partial charge in [0.25, 0.3) is 5.91 Å². The van der Waals surface area contributed by atoms with Crippen molar-refractivity contribution in [2.24, 2.45) is 0 Å². The summed E-state index contributed by atoms with van der Waals surface area (Å²) in [5, 5.41) is 27.6. The van der Waals surface area contributed by atoms with Crippen LogP contribution in [0.3, 0.4) is 0 Å². The van der Waals surface area contributed by atoms with E-state index in [4.69, 9.17) is 18.6 Å². The Morgan fingerprint density at radius 3 is 2.33 bits per heavy atom. The topological polar surface area (TPSA) is 134 Å². The number of aromatic nitrogens is 1. The van der Waals surface area contributed by atoms with Crippen molar-refractivity contribution < 1.29 is 33.6 Å². The number of ether oxygens (including phenoxy) is 3. The minimum Gasteiger partial charge on any atom is -0.508 e. The summed E-state index contributed by atoms with van der Waals surface area (Å²) < 4.78 is 24.3. The van der Waals surface area contributed by atoms with Crippen molar-refractivity contribution in [2.75, 3.05) is 20.8 Å². The quantitative estimate of drug-likeness (QED) is 0.0601. The fourth-order valence-electron chi connectivity index (χ4n) is 6.14. The summed E-state index contributed by atoms with van der Waals surface area (Å²) in [6.45, 7) is 14.1. The van der Waals surface area contributed by atoms with Crippen LogP contribution in [0.15, 0.2) is 84.9 Å². The number of aromatic amines is 1. The molecule has 5 aromatic rings. The highest BCUT2D eigenvalue weighted by molar-refractivity contribution is 6.74. The average molecular weight is 754 g/mol. The molecule has 2 atom stereocenters. The van der Waals surface area contributed by atoms with Gasteiger partial charge in [-0.3, -0.25) is 4.79 Å². The summed E-state index contributed by atoms with van der Waals surface area (Å²) in [4.78, 5) is 16.7. The number of phenols is 1. The highest BCUT2D eigenvalue weighted by Gasteiger charge is 2.39. The average Bonchev–Trinajstić information content (AvgIpc) is 3.58. The van der Waals surface area contributed by atoms with E-state index in [0.29, 0.717) is 47.2 Å². The van der Waals surface area contributed by atoms with Crippen molar-refractivity contribution in [1.29, 1.82) is 0 Å². The van der Waals surface area contributed by atoms with Crippen LogP contribution in [0.4, 0.5) is 0 Å². The van der Waals surface area contributed by atoms with Crippen molar-refractivity contribution in [2.45, 2.75) is 84.2 Å². The number of benzene rings is 4. The van der Waals surface area contributed by atoms with E-state index < -0.39 is 8.32 Å². The Hall–Kier alpha value is -4.81. The van der Waals surface area contributed by atoms with Crippen molar-refractivity contribution in [3.8, 4) is 23.0 Å². The number of carbonyl (C=O) groups is 1. The van der Waals surface area contributed by atoms with Gasteiger partial charge in [-0.15, -0.1) is 0 Å². The Kier molecular flexibility index (Phi) is 13.1. The highest BCUT2D eigenvalue weighted by atomic mass is 28.4. The van der Waals surface area contributed by atoms with Gasteiger partial charge in [0.15, 0.2) is 19.8 Å². The molecule has 0 aliphatic carbocycles. The smallest absolute Gasteiger partial charge is 0.268 e. The molecule has 288 valence electrons. The Labute approximate surface area is 320 Å². The third kappa shape index (κ3) is 9.83. The van der Waals surface area contributed by atoms with Gasteiger partial charge in [0.05, 0.1) is 39.0 Å². The van der Waals surface area contributed by atoms with E-state index in [0.717, 1.165) is 34.0 Å². The number of aliphatic hydroxyl groups is 1. The monoisotopic (exact) mass is 753 g/mol. The van der Waals surface area contributed by atoms with Crippen LogP contribution in [0, 0.1) is 0 Å². The van der Waals surface area contributed by atoms with Gasteiger partial charge in [0.1, 0.15) is 23.8 Å². The van der Waals surface area contributed by atoms with Gasteiger partial charge in [-0.05, 0) is 90.6 Å². The zero-order valence-electron chi connectivity index (χ0n) is 32.7. The molecule has 0 spiro atoms. The fraction of sp³-hybridized carbons (Fsp3) is 0.372. The standard InChI is InChI=1S/C43H55N3O7Si/c1-28(44-25-40(53-54(7,8)43(2,3)4)31-15-17-37(48)33(22-31)26-47)20-30-14-16-35-32(21-30)23-36(46-35)42(49)45-24-34-38(50-5)18-19-39(41(34)51-6)52-27-29-12-10-9-11-13-29/h9-19,21-23,28,40,44,46-48H,20,24-27H2,1-8H3,(H,45,49)/t28-,40+/m1/s1. The number of methoxy groups -OCH3 is 2. The first-order valence-corrected chi connectivity index (χ1v) is 21.3. The number of aliphatic hydroxyl groups excluding tert-OH is 1. The first-order valence-electron chi connectivity index (χ1n) is 18.4. The Balaban J connectivity index is 1.24. The lowest BCUT2D eigenvalue weighted by atomic mass is 10.0. The molecule has 0 saturated heterocycles. The molecule has 4 aromatic carbocycles. The van der Waals surface area contributed by atoms with Crippen molar-refractivity contribution in [3.05, 3.63) is 118 Å². The molecule has 10 nitrogen and oxygen atoms in total. The molecule has 0 radical (unpaired) electrons. The molecular weight excluding hydrogens is 699 g/mol. The lowest BCUT2D eigenvalue weighted by Crippen LogP contribution is -2.44. The van der Waals surface area contributed by atoms with E-state index in [1.54, 1.807) is 20.3 Å². The van der Waals surface area contributed by atoms with Crippen molar-refractivity contribution in [3.63, 3.8) is 0 Å². The normalized spacial score (nSPS) is 13.1. The summed E-state index contributed by atoms with van der Waals surface area (Å²) in [5.41, 5.74) is 5.55. The predicted molar refractivity (Wildman–Crippen MR) is 216 cm³/mol. The van der Waals surface area contributed by atoms with Gasteiger partial charge in [0.2, 0.25) is 0 Å². The molecule has 0 aliphatic heterocycles. The van der Waals surface area contributed by atoms with E-state index in [-0.39, 0.29) is 42.0 Å². The van der Waals surface area contributed by atoms with Crippen LogP contribution in [-0.2, 0) is 30.6 Å². The van der Waals surface area contributed by atoms with E-state index in [2.05, 4.69) is 68.5 Å². The molecule has 0 fully saturated rings. The molecule has 1 aromatic heterocycles. The molecule has 1 heterocycles. The summed E-state index contributed by atoms with van der Waals surface area (Å²) in [7, 11) is 1.01. The summed E-state index contributed by atoms with van der Waals surface area (Å²) in [5.74, 6) is 1.46. The first kappa shape index (κ1) is 40.4. The van der Waals surface area contributed by atoms with E-state index in [1.807, 2.05) is 66.7 Å². The maximum atomic E-state index is 13.4. The molecule has 54 heavy (non-hydrogen) atoms. The van der Waals surface area contributed by atoms with Crippen molar-refractivity contribution in [1.82, 2.24) is 15.6 Å². The van der Waals surface area contributed by atoms with Gasteiger partial charge in [-0.1, -0.05) is 63.2 Å². The molecule has 0 saturated carbocycles. The lowest BCUT2D eigenvalue weighted by Gasteiger charge is -2.40. The van der Waals surface area contributed by atoms with Crippen LogP contribution in [0.1, 0.15) is 72.1 Å². The van der Waals surface area contributed by atoms with Crippen LogP contribution in [0.5, 0.6) is 23.0 Å². The molecule has 1 amide bonds. The minimum atomic E-state index is -2.15. The van der Waals surface area contributed by atoms with Gasteiger partial charge < -0.3 is 44.5 Å². The SMILES string of the molecule is COc1ccc(OCc2ccccc2)c(OC)c1CNC(=O)c1cc2cc(C[C@@H](C)NC[C@H](O[Si](C)(C)C(C)(C)C)c3ccc(O)c(CO)c3)ccc2[nH]1. The molecule has 0 aliphatic rings. The summed E-state index contributed by atoms with van der Waals surface area (Å²) in [6.07, 6.45) is 0.506. The van der Waals surface area contributed by atoms with Crippen molar-refractivity contribution >= 4 is 25.1 Å². The van der Waals surface area contributed by atoms with E-state index in [9.17, 15) is 15.0 Å². The lowest BCUT2D eigenvalue weighted by molar-refractivity contribution is 0.0946. The number of hydrogen-bond donors (Lipinski definition) is 5. The largest absolute Gasteiger partial charge is 0.508 e. The Morgan fingerprint density at radius 1 is 0.907 bits per heavy atom. The van der Waals surface area contributed by atoms with E-state index >= 15 is 0 Å². The Morgan fingerprint density at radius 2 is 1.65 bits per heavy atom. The zero-order valence-corrected chi connectivity index (χ0v) is 33.7. The number of nitrogens with one attached hydrogen (secondary N) is 3. The Bertz CT molecular complexity index is 2020. The third-order valence-electron chi connectivity index (χ3n) is 10.3. The van der Waals surface area contributed by atoms with Gasteiger partial charge in [-0.2, -0.15) is 0 Å². The number of hydrogen-bond acceptors (Lipinski definition) is 8. The van der Waals surface area contributed by atoms with E-state index in [1.165, 1.54) is 0 Å². The minimum absolute atomic E-state index is 0.0116. The van der Waals surface area contributed by atoms with Crippen LogP contribution in [0.25, 0.3) is 10.9 Å². The predicted octanol–water partition coefficient (Wildman–Crippen LogP) is 8.18. The fourth-order valence-corrected chi connectivity index (χ4v) is 7.43. The van der Waals surface area contributed by atoms with Crippen LogP contribution in [0.2, 0.25) is 18.1 Å². The number of aromatic hydroxyl groups is 1. The van der Waals surface area contributed by atoms with Gasteiger partial charge in [0, 0.05) is 29.1 Å². The number of rotatable bonds is 17. The van der Waals surface area contributed by atoms with Gasteiger partial charge >= 0.3 is 0 Å². The molecule has 0 bridgehead atoms. The summed E-state index contributed by atoms with van der Waals surface area (Å²) >= 11 is 0. The highest BCUT2D eigenvalue weighted by Crippen LogP contribution is 2.40. The summed E-state index contributed by atoms with van der Waals surface area (Å²) in [6, 6.07) is 27.0. The maximum Gasteiger partial charge on any atom is 0.268 e. The molecule has 11 heteroatoms. The van der Waals surface area contributed by atoms with Crippen LogP contribution < -0.4 is 24.8 Å². The van der Waals surface area contributed by atoms with Crippen LogP contribution in [-0.4, -0.2) is 56.2 Å². The second-order valence-corrected chi connectivity index (χ2v) is 20.0.